The van der Waals surface area contributed by atoms with Crippen molar-refractivity contribution in [1.82, 2.24) is 20.6 Å². The van der Waals surface area contributed by atoms with Crippen molar-refractivity contribution >= 4 is 5.96 Å². The second-order valence-electron chi connectivity index (χ2n) is 6.09. The normalized spacial score (nSPS) is 12.1. The first-order valence-electron chi connectivity index (χ1n) is 8.65. The third-order valence-corrected chi connectivity index (χ3v) is 4.07. The maximum atomic E-state index is 12.8. The topological polar surface area (TPSA) is 65.1 Å². The van der Waals surface area contributed by atoms with Crippen LogP contribution in [0, 0.1) is 0 Å². The highest BCUT2D eigenvalue weighted by Gasteiger charge is 2.30. The third kappa shape index (κ3) is 5.12. The Kier molecular flexibility index (Phi) is 5.98. The van der Waals surface area contributed by atoms with E-state index in [-0.39, 0.29) is 6.54 Å². The fourth-order valence-corrected chi connectivity index (χ4v) is 2.65. The molecule has 0 fully saturated rings. The average Bonchev–Trinajstić information content (AvgIpc) is 3.17. The van der Waals surface area contributed by atoms with Gasteiger partial charge in [-0.15, -0.1) is 0 Å². The van der Waals surface area contributed by atoms with E-state index in [0.29, 0.717) is 18.1 Å². The van der Waals surface area contributed by atoms with Crippen LogP contribution in [0.2, 0.25) is 0 Å². The van der Waals surface area contributed by atoms with Crippen molar-refractivity contribution < 1.29 is 13.2 Å². The van der Waals surface area contributed by atoms with E-state index in [0.717, 1.165) is 29.2 Å². The number of alkyl halides is 3. The van der Waals surface area contributed by atoms with Crippen molar-refractivity contribution in [3.63, 3.8) is 0 Å². The molecule has 3 rings (SSSR count). The van der Waals surface area contributed by atoms with Crippen LogP contribution >= 0.6 is 0 Å². The summed E-state index contributed by atoms with van der Waals surface area (Å²) in [4.78, 5) is 11.6. The first kappa shape index (κ1) is 19.5. The monoisotopic (exact) mass is 387 g/mol. The van der Waals surface area contributed by atoms with E-state index in [1.54, 1.807) is 19.3 Å². The van der Waals surface area contributed by atoms with Gasteiger partial charge in [-0.2, -0.15) is 13.2 Å². The summed E-state index contributed by atoms with van der Waals surface area (Å²) < 4.78 is 38.4. The lowest BCUT2D eigenvalue weighted by molar-refractivity contribution is -0.137. The lowest BCUT2D eigenvalue weighted by Crippen LogP contribution is -2.36. The van der Waals surface area contributed by atoms with Crippen LogP contribution in [0.5, 0.6) is 0 Å². The number of benzene rings is 2. The predicted molar refractivity (Wildman–Crippen MR) is 103 cm³/mol. The van der Waals surface area contributed by atoms with Gasteiger partial charge in [-0.25, -0.2) is 4.98 Å². The van der Waals surface area contributed by atoms with Crippen LogP contribution in [-0.2, 0) is 19.3 Å². The number of hydrogen-bond donors (Lipinski definition) is 3. The first-order valence-corrected chi connectivity index (χ1v) is 8.65. The molecule has 0 aliphatic rings. The van der Waals surface area contributed by atoms with Gasteiger partial charge in [-0.05, 0) is 23.3 Å². The quantitative estimate of drug-likeness (QED) is 0.459. The number of imidazole rings is 1. The van der Waals surface area contributed by atoms with E-state index in [2.05, 4.69) is 25.6 Å². The highest BCUT2D eigenvalue weighted by molar-refractivity contribution is 5.79. The molecule has 3 aromatic rings. The van der Waals surface area contributed by atoms with Crippen molar-refractivity contribution in [3.05, 3.63) is 77.7 Å². The molecule has 8 heteroatoms. The summed E-state index contributed by atoms with van der Waals surface area (Å²) in [7, 11) is 1.60. The van der Waals surface area contributed by atoms with Gasteiger partial charge in [0.1, 0.15) is 5.82 Å². The minimum Gasteiger partial charge on any atom is -0.352 e. The van der Waals surface area contributed by atoms with Crippen LogP contribution in [0.4, 0.5) is 13.2 Å². The average molecular weight is 387 g/mol. The minimum absolute atomic E-state index is 0.219. The minimum atomic E-state index is -4.36. The number of halogens is 3. The zero-order valence-corrected chi connectivity index (χ0v) is 15.2. The van der Waals surface area contributed by atoms with Crippen LogP contribution in [0.15, 0.2) is 65.8 Å². The number of nitrogens with zero attached hydrogens (tertiary/aromatic N) is 2. The number of H-pyrrole nitrogens is 1. The smallest absolute Gasteiger partial charge is 0.352 e. The first-order chi connectivity index (χ1) is 13.5. The van der Waals surface area contributed by atoms with Crippen LogP contribution in [-0.4, -0.2) is 23.0 Å². The van der Waals surface area contributed by atoms with Gasteiger partial charge in [0, 0.05) is 13.6 Å². The number of aromatic nitrogens is 2. The number of nitrogens with one attached hydrogen (secondary N) is 3. The van der Waals surface area contributed by atoms with Gasteiger partial charge in [0.15, 0.2) is 5.96 Å². The van der Waals surface area contributed by atoms with Crippen LogP contribution in [0.1, 0.15) is 17.0 Å². The van der Waals surface area contributed by atoms with E-state index < -0.39 is 11.7 Å². The Balaban J connectivity index is 1.55. The van der Waals surface area contributed by atoms with Gasteiger partial charge in [-0.3, -0.25) is 4.99 Å². The van der Waals surface area contributed by atoms with Crippen molar-refractivity contribution in [2.24, 2.45) is 4.99 Å². The predicted octanol–water partition coefficient (Wildman–Crippen LogP) is 3.96. The Morgan fingerprint density at radius 1 is 1.04 bits per heavy atom. The number of aliphatic imine (C=N–C) groups is 1. The molecule has 1 aromatic heterocycles. The van der Waals surface area contributed by atoms with Crippen molar-refractivity contribution in [2.45, 2.75) is 19.3 Å². The summed E-state index contributed by atoms with van der Waals surface area (Å²) in [6.07, 6.45) is -2.60. The molecule has 0 spiro atoms. The fraction of sp³-hybridized carbons (Fsp3) is 0.200. The van der Waals surface area contributed by atoms with E-state index >= 15 is 0 Å². The Bertz CT molecular complexity index is 932. The highest BCUT2D eigenvalue weighted by atomic mass is 19.4. The Morgan fingerprint density at radius 2 is 1.79 bits per heavy atom. The van der Waals surface area contributed by atoms with E-state index in [1.807, 2.05) is 30.3 Å². The lowest BCUT2D eigenvalue weighted by Gasteiger charge is -2.12. The third-order valence-electron chi connectivity index (χ3n) is 4.07. The molecule has 3 N–H and O–H groups in total. The summed E-state index contributed by atoms with van der Waals surface area (Å²) in [5.41, 5.74) is 1.79. The Hall–Kier alpha value is -3.29. The molecule has 0 amide bonds. The van der Waals surface area contributed by atoms with E-state index in [1.165, 1.54) is 6.07 Å². The lowest BCUT2D eigenvalue weighted by atomic mass is 10.1. The van der Waals surface area contributed by atoms with Crippen molar-refractivity contribution in [1.29, 1.82) is 0 Å². The highest BCUT2D eigenvalue weighted by Crippen LogP contribution is 2.29. The Labute approximate surface area is 160 Å². The van der Waals surface area contributed by atoms with Gasteiger partial charge >= 0.3 is 6.18 Å². The molecule has 0 aliphatic heterocycles. The molecule has 146 valence electrons. The molecule has 0 atom stereocenters. The SMILES string of the molecule is CN=C(NCc1cccc(C(F)(F)F)c1)NCc1ncc(-c2ccccc2)[nH]1. The summed E-state index contributed by atoms with van der Waals surface area (Å²) in [5.74, 6) is 1.19. The number of aromatic amines is 1. The molecular formula is C20H20F3N5. The standard InChI is InChI=1S/C20H20F3N5/c1-24-19(26-11-14-6-5-9-16(10-14)20(21,22)23)27-13-18-25-12-17(28-18)15-7-3-2-4-8-15/h2-10,12H,11,13H2,1H3,(H,25,28)(H2,24,26,27). The molecule has 0 bridgehead atoms. The van der Waals surface area contributed by atoms with Gasteiger partial charge in [0.05, 0.1) is 24.0 Å². The number of guanidine groups is 1. The molecule has 0 saturated carbocycles. The molecule has 28 heavy (non-hydrogen) atoms. The summed E-state index contributed by atoms with van der Waals surface area (Å²) >= 11 is 0. The fourth-order valence-electron chi connectivity index (χ4n) is 2.65. The van der Waals surface area contributed by atoms with Crippen LogP contribution < -0.4 is 10.6 Å². The zero-order valence-electron chi connectivity index (χ0n) is 15.2. The summed E-state index contributed by atoms with van der Waals surface area (Å²) in [6.45, 7) is 0.617. The van der Waals surface area contributed by atoms with Gasteiger partial charge in [0.2, 0.25) is 0 Å². The van der Waals surface area contributed by atoms with Crippen LogP contribution in [0.3, 0.4) is 0 Å². The van der Waals surface area contributed by atoms with E-state index in [4.69, 9.17) is 0 Å². The number of rotatable bonds is 5. The molecule has 0 radical (unpaired) electrons. The molecule has 0 unspecified atom stereocenters. The second-order valence-corrected chi connectivity index (χ2v) is 6.09. The van der Waals surface area contributed by atoms with E-state index in [9.17, 15) is 13.2 Å². The molecule has 2 aromatic carbocycles. The molecule has 1 heterocycles. The second kappa shape index (κ2) is 8.60. The maximum absolute atomic E-state index is 12.8. The van der Waals surface area contributed by atoms with Gasteiger partial charge in [-0.1, -0.05) is 42.5 Å². The van der Waals surface area contributed by atoms with Gasteiger partial charge < -0.3 is 15.6 Å². The summed E-state index contributed by atoms with van der Waals surface area (Å²) in [5, 5.41) is 6.09. The zero-order chi connectivity index (χ0) is 20.0. The summed E-state index contributed by atoms with van der Waals surface area (Å²) in [6, 6.07) is 15.0. The van der Waals surface area contributed by atoms with Crippen LogP contribution in [0.25, 0.3) is 11.3 Å². The number of hydrogen-bond acceptors (Lipinski definition) is 2. The van der Waals surface area contributed by atoms with Gasteiger partial charge in [0.25, 0.3) is 0 Å². The maximum Gasteiger partial charge on any atom is 0.416 e. The van der Waals surface area contributed by atoms with Crippen molar-refractivity contribution in [2.75, 3.05) is 7.05 Å². The largest absolute Gasteiger partial charge is 0.416 e. The molecular weight excluding hydrogens is 367 g/mol. The molecule has 0 aliphatic carbocycles. The van der Waals surface area contributed by atoms with Crippen molar-refractivity contribution in [3.8, 4) is 11.3 Å². The molecule has 0 saturated heterocycles. The Morgan fingerprint density at radius 3 is 2.50 bits per heavy atom. The molecule has 5 nitrogen and oxygen atoms in total.